The van der Waals surface area contributed by atoms with Gasteiger partial charge in [0.15, 0.2) is 6.29 Å². The Morgan fingerprint density at radius 3 is 2.50 bits per heavy atom. The van der Waals surface area contributed by atoms with Crippen molar-refractivity contribution in [3.63, 3.8) is 0 Å². The normalized spacial score (nSPS) is 45.2. The van der Waals surface area contributed by atoms with Crippen LogP contribution in [0, 0.1) is 11.8 Å². The van der Waals surface area contributed by atoms with Crippen molar-refractivity contribution in [2.24, 2.45) is 11.8 Å². The van der Waals surface area contributed by atoms with E-state index in [0.29, 0.717) is 0 Å². The Kier molecular flexibility index (Phi) is 6.08. The number of methoxy groups -OCH3 is 1. The fourth-order valence-electron chi connectivity index (χ4n) is 3.71. The van der Waals surface area contributed by atoms with Crippen LogP contribution < -0.4 is 0 Å². The average Bonchev–Trinajstić information content (AvgIpc) is 3.06. The van der Waals surface area contributed by atoms with Crippen molar-refractivity contribution >= 4 is 5.97 Å². The van der Waals surface area contributed by atoms with Gasteiger partial charge in [0.1, 0.15) is 30.0 Å². The first-order chi connectivity index (χ1) is 13.3. The number of aliphatic hydroxyl groups is 6. The van der Waals surface area contributed by atoms with E-state index in [2.05, 4.69) is 0 Å². The van der Waals surface area contributed by atoms with E-state index in [1.54, 1.807) is 0 Å². The van der Waals surface area contributed by atoms with Gasteiger partial charge >= 0.3 is 5.97 Å². The predicted molar refractivity (Wildman–Crippen MR) is 88.0 cm³/mol. The lowest BCUT2D eigenvalue weighted by Gasteiger charge is -2.44. The number of ether oxygens (including phenoxy) is 4. The Hall–Kier alpha value is -1.57. The number of carbonyl (C=O) groups excluding carboxylic acids is 1. The second kappa shape index (κ2) is 8.05. The molecule has 2 heterocycles. The van der Waals surface area contributed by atoms with Gasteiger partial charge in [-0.25, -0.2) is 4.79 Å². The molecule has 158 valence electrons. The highest BCUT2D eigenvalue weighted by Crippen LogP contribution is 2.45. The van der Waals surface area contributed by atoms with E-state index in [4.69, 9.17) is 18.9 Å². The molecular formula is C17H24O11. The van der Waals surface area contributed by atoms with Gasteiger partial charge in [0.05, 0.1) is 38.1 Å². The number of hydrogen-bond acceptors (Lipinski definition) is 11. The first kappa shape index (κ1) is 21.1. The highest BCUT2D eigenvalue weighted by molar-refractivity contribution is 5.89. The monoisotopic (exact) mass is 404 g/mol. The van der Waals surface area contributed by atoms with Gasteiger partial charge in [-0.05, 0) is 0 Å². The molecule has 3 rings (SSSR count). The van der Waals surface area contributed by atoms with Gasteiger partial charge < -0.3 is 49.6 Å². The van der Waals surface area contributed by atoms with E-state index in [1.807, 2.05) is 0 Å². The van der Waals surface area contributed by atoms with Crippen LogP contribution in [-0.4, -0.2) is 99.5 Å². The molecular weight excluding hydrogens is 380 g/mol. The molecule has 1 aliphatic carbocycles. The lowest BCUT2D eigenvalue weighted by molar-refractivity contribution is -0.346. The average molecular weight is 404 g/mol. The summed E-state index contributed by atoms with van der Waals surface area (Å²) in [6.07, 6.45) is -4.99. The van der Waals surface area contributed by atoms with Crippen LogP contribution in [-0.2, 0) is 23.7 Å². The molecule has 1 saturated heterocycles. The molecule has 0 spiro atoms. The molecule has 6 N–H and O–H groups in total. The third-order valence-electron chi connectivity index (χ3n) is 5.33. The first-order valence-electron chi connectivity index (χ1n) is 8.69. The smallest absolute Gasteiger partial charge is 0.337 e. The minimum atomic E-state index is -1.79. The fraction of sp³-hybridized carbons (Fsp3) is 0.706. The predicted octanol–water partition coefficient (Wildman–Crippen LogP) is -3.26. The van der Waals surface area contributed by atoms with Crippen LogP contribution in [0.5, 0.6) is 0 Å². The van der Waals surface area contributed by atoms with Crippen LogP contribution >= 0.6 is 0 Å². The summed E-state index contributed by atoms with van der Waals surface area (Å²) in [4.78, 5) is 12.0. The summed E-state index contributed by atoms with van der Waals surface area (Å²) in [6.45, 7) is -1.34. The molecule has 0 radical (unpaired) electrons. The molecule has 0 saturated carbocycles. The molecule has 0 unspecified atom stereocenters. The Balaban J connectivity index is 1.85. The summed E-state index contributed by atoms with van der Waals surface area (Å²) in [5, 5.41) is 59.5. The van der Waals surface area contributed by atoms with E-state index in [9.17, 15) is 35.4 Å². The highest BCUT2D eigenvalue weighted by atomic mass is 16.8. The van der Waals surface area contributed by atoms with Gasteiger partial charge in [0.2, 0.25) is 6.29 Å². The van der Waals surface area contributed by atoms with Crippen LogP contribution in [0.25, 0.3) is 0 Å². The third-order valence-corrected chi connectivity index (χ3v) is 5.33. The van der Waals surface area contributed by atoms with E-state index in [1.165, 1.54) is 19.3 Å². The Morgan fingerprint density at radius 2 is 1.89 bits per heavy atom. The maximum absolute atomic E-state index is 12.0. The molecule has 0 aromatic carbocycles. The van der Waals surface area contributed by atoms with Crippen molar-refractivity contribution in [1.82, 2.24) is 0 Å². The molecule has 0 aromatic heterocycles. The molecule has 0 bridgehead atoms. The SMILES string of the molecule is COC(=O)C1=CO[C@@H](O[C@H]2O[C@H](CO)[C@@H](O)[C@@H](O)[C@H]2O)[C@H]2[C@@H]1C=C[C@@]2(O)CO. The van der Waals surface area contributed by atoms with Crippen molar-refractivity contribution in [3.05, 3.63) is 24.0 Å². The highest BCUT2D eigenvalue weighted by Gasteiger charge is 2.55. The number of esters is 1. The topological polar surface area (TPSA) is 175 Å². The van der Waals surface area contributed by atoms with E-state index in [0.717, 1.165) is 6.26 Å². The van der Waals surface area contributed by atoms with Gasteiger partial charge in [-0.1, -0.05) is 12.2 Å². The van der Waals surface area contributed by atoms with Crippen molar-refractivity contribution in [2.45, 2.75) is 42.6 Å². The minimum absolute atomic E-state index is 0.0989. The van der Waals surface area contributed by atoms with Gasteiger partial charge in [-0.2, -0.15) is 0 Å². The second-order valence-electron chi connectivity index (χ2n) is 6.96. The second-order valence-corrected chi connectivity index (χ2v) is 6.96. The molecule has 0 aromatic rings. The summed E-state index contributed by atoms with van der Waals surface area (Å²) >= 11 is 0. The summed E-state index contributed by atoms with van der Waals surface area (Å²) in [5.74, 6) is -2.40. The number of hydrogen-bond donors (Lipinski definition) is 6. The maximum Gasteiger partial charge on any atom is 0.337 e. The molecule has 2 aliphatic heterocycles. The zero-order valence-corrected chi connectivity index (χ0v) is 15.0. The fourth-order valence-corrected chi connectivity index (χ4v) is 3.71. The van der Waals surface area contributed by atoms with Crippen LogP contribution in [0.3, 0.4) is 0 Å². The molecule has 11 heteroatoms. The summed E-state index contributed by atoms with van der Waals surface area (Å²) in [6, 6.07) is 0. The zero-order valence-electron chi connectivity index (χ0n) is 15.0. The van der Waals surface area contributed by atoms with E-state index < -0.39 is 73.6 Å². The van der Waals surface area contributed by atoms with Crippen molar-refractivity contribution in [3.8, 4) is 0 Å². The Labute approximate surface area is 160 Å². The number of carbonyl (C=O) groups is 1. The van der Waals surface area contributed by atoms with Crippen LogP contribution in [0.4, 0.5) is 0 Å². The quantitative estimate of drug-likeness (QED) is 0.200. The summed E-state index contributed by atoms with van der Waals surface area (Å²) in [7, 11) is 1.19. The molecule has 0 amide bonds. The van der Waals surface area contributed by atoms with Gasteiger partial charge in [0, 0.05) is 5.92 Å². The third kappa shape index (κ3) is 3.44. The molecule has 3 aliphatic rings. The zero-order chi connectivity index (χ0) is 20.6. The number of allylic oxidation sites excluding steroid dienone is 1. The molecule has 1 fully saturated rings. The largest absolute Gasteiger partial charge is 0.471 e. The van der Waals surface area contributed by atoms with E-state index in [-0.39, 0.29) is 5.57 Å². The van der Waals surface area contributed by atoms with Crippen LogP contribution in [0.15, 0.2) is 24.0 Å². The van der Waals surface area contributed by atoms with Crippen LogP contribution in [0.1, 0.15) is 0 Å². The van der Waals surface area contributed by atoms with Gasteiger partial charge in [-0.3, -0.25) is 0 Å². The first-order valence-corrected chi connectivity index (χ1v) is 8.69. The van der Waals surface area contributed by atoms with Crippen molar-refractivity contribution < 1.29 is 54.4 Å². The number of fused-ring (bicyclic) bond motifs is 1. The van der Waals surface area contributed by atoms with Crippen LogP contribution in [0.2, 0.25) is 0 Å². The Morgan fingerprint density at radius 1 is 1.18 bits per heavy atom. The van der Waals surface area contributed by atoms with E-state index >= 15 is 0 Å². The molecule has 28 heavy (non-hydrogen) atoms. The van der Waals surface area contributed by atoms with Gasteiger partial charge in [-0.15, -0.1) is 0 Å². The number of aliphatic hydroxyl groups excluding tert-OH is 5. The maximum atomic E-state index is 12.0. The molecule has 9 atom stereocenters. The lowest BCUT2D eigenvalue weighted by atomic mass is 9.79. The summed E-state index contributed by atoms with van der Waals surface area (Å²) in [5.41, 5.74) is -1.70. The number of rotatable bonds is 5. The Bertz CT molecular complexity index is 647. The standard InChI is InChI=1S/C17H24O11/c1-25-14(23)8-5-26-15(10-7(8)2-3-17(10,24)6-19)28-16-13(22)12(21)11(20)9(4-18)27-16/h2-3,5,7,9-13,15-16,18-22,24H,4,6H2,1H3/t7-,9-,10-,11-,12-,13-,15+,16-,17-/m1/s1. The van der Waals surface area contributed by atoms with Crippen molar-refractivity contribution in [2.75, 3.05) is 20.3 Å². The molecule has 11 nitrogen and oxygen atoms in total. The lowest BCUT2D eigenvalue weighted by Crippen LogP contribution is -2.61. The summed E-state index contributed by atoms with van der Waals surface area (Å²) < 4.78 is 21.0. The van der Waals surface area contributed by atoms with Crippen molar-refractivity contribution in [1.29, 1.82) is 0 Å². The minimum Gasteiger partial charge on any atom is -0.471 e. The van der Waals surface area contributed by atoms with Gasteiger partial charge in [0.25, 0.3) is 0 Å².